The summed E-state index contributed by atoms with van der Waals surface area (Å²) in [6.45, 7) is 3.07. The van der Waals surface area contributed by atoms with Crippen LogP contribution in [0.15, 0.2) is 78.5 Å². The van der Waals surface area contributed by atoms with Crippen LogP contribution in [0.4, 0.5) is 5.69 Å². The highest BCUT2D eigenvalue weighted by Crippen LogP contribution is 2.31. The molecule has 0 aromatic heterocycles. The monoisotopic (exact) mass is 247 g/mol. The highest BCUT2D eigenvalue weighted by atomic mass is 15.1. The molecular weight excluding hydrogens is 230 g/mol. The normalized spacial score (nSPS) is 14.4. The van der Waals surface area contributed by atoms with Crippen LogP contribution in [0, 0.1) is 0 Å². The van der Waals surface area contributed by atoms with Crippen LogP contribution in [0.25, 0.3) is 11.1 Å². The van der Waals surface area contributed by atoms with Gasteiger partial charge in [-0.1, -0.05) is 60.2 Å². The van der Waals surface area contributed by atoms with E-state index in [9.17, 15) is 0 Å². The maximum absolute atomic E-state index is 2.29. The molecule has 0 atom stereocenters. The Labute approximate surface area is 114 Å². The van der Waals surface area contributed by atoms with E-state index in [4.69, 9.17) is 0 Å². The predicted octanol–water partition coefficient (Wildman–Crippen LogP) is 4.63. The van der Waals surface area contributed by atoms with Gasteiger partial charge in [-0.05, 0) is 24.6 Å². The van der Waals surface area contributed by atoms with Gasteiger partial charge in [0.25, 0.3) is 0 Å². The average Bonchev–Trinajstić information content (AvgIpc) is 2.49. The maximum Gasteiger partial charge on any atom is 0.0488 e. The molecule has 0 unspecified atom stereocenters. The highest BCUT2D eigenvalue weighted by molar-refractivity contribution is 5.79. The fraction of sp³-hybridized carbons (Fsp3) is 0.111. The summed E-state index contributed by atoms with van der Waals surface area (Å²) in [4.78, 5) is 2.29. The minimum Gasteiger partial charge on any atom is -0.344 e. The van der Waals surface area contributed by atoms with E-state index >= 15 is 0 Å². The van der Waals surface area contributed by atoms with Gasteiger partial charge in [0.2, 0.25) is 0 Å². The molecule has 94 valence electrons. The van der Waals surface area contributed by atoms with Crippen molar-refractivity contribution in [2.75, 3.05) is 11.4 Å². The van der Waals surface area contributed by atoms with Crippen molar-refractivity contribution in [1.82, 2.24) is 0 Å². The van der Waals surface area contributed by atoms with Crippen LogP contribution in [0.5, 0.6) is 0 Å². The third-order valence-electron chi connectivity index (χ3n) is 3.43. The fourth-order valence-corrected chi connectivity index (χ4v) is 2.34. The highest BCUT2D eigenvalue weighted by Gasteiger charge is 2.10. The summed E-state index contributed by atoms with van der Waals surface area (Å²) < 4.78 is 0. The molecule has 0 aliphatic carbocycles. The summed E-state index contributed by atoms with van der Waals surface area (Å²) in [5, 5.41) is 0. The number of para-hydroxylation sites is 1. The summed E-state index contributed by atoms with van der Waals surface area (Å²) >= 11 is 0. The van der Waals surface area contributed by atoms with Crippen molar-refractivity contribution in [3.05, 3.63) is 78.5 Å². The van der Waals surface area contributed by atoms with E-state index in [0.717, 1.165) is 6.54 Å². The van der Waals surface area contributed by atoms with Crippen LogP contribution in [-0.4, -0.2) is 6.54 Å². The third kappa shape index (κ3) is 2.45. The van der Waals surface area contributed by atoms with Crippen molar-refractivity contribution in [1.29, 1.82) is 0 Å². The van der Waals surface area contributed by atoms with E-state index in [1.165, 1.54) is 22.4 Å². The standard InChI is InChI=1S/C18H17N/c1-15-11-13-19(14-12-15)18-10-6-5-9-17(18)16-7-3-2-4-8-16/h2-13H,14H2,1H3. The van der Waals surface area contributed by atoms with Gasteiger partial charge in [-0.15, -0.1) is 0 Å². The zero-order valence-electron chi connectivity index (χ0n) is 11.1. The number of hydrogen-bond acceptors (Lipinski definition) is 1. The molecule has 0 saturated heterocycles. The van der Waals surface area contributed by atoms with E-state index in [1.54, 1.807) is 0 Å². The molecule has 0 saturated carbocycles. The number of allylic oxidation sites excluding steroid dienone is 2. The number of rotatable bonds is 2. The molecule has 1 nitrogen and oxygen atoms in total. The summed E-state index contributed by atoms with van der Waals surface area (Å²) in [6.07, 6.45) is 6.57. The quantitative estimate of drug-likeness (QED) is 0.747. The van der Waals surface area contributed by atoms with E-state index in [-0.39, 0.29) is 0 Å². The molecule has 0 radical (unpaired) electrons. The van der Waals surface area contributed by atoms with E-state index in [0.29, 0.717) is 0 Å². The Balaban J connectivity index is 2.02. The molecule has 0 fully saturated rings. The number of nitrogens with zero attached hydrogens (tertiary/aromatic N) is 1. The largest absolute Gasteiger partial charge is 0.344 e. The van der Waals surface area contributed by atoms with Crippen LogP contribution in [0.2, 0.25) is 0 Å². The molecule has 0 N–H and O–H groups in total. The molecule has 1 heterocycles. The lowest BCUT2D eigenvalue weighted by molar-refractivity contribution is 1.06. The van der Waals surface area contributed by atoms with Crippen molar-refractivity contribution in [3.63, 3.8) is 0 Å². The molecule has 2 aromatic rings. The summed E-state index contributed by atoms with van der Waals surface area (Å²) in [5.41, 5.74) is 5.13. The van der Waals surface area contributed by atoms with Crippen LogP contribution >= 0.6 is 0 Å². The van der Waals surface area contributed by atoms with Gasteiger partial charge < -0.3 is 4.90 Å². The number of benzene rings is 2. The third-order valence-corrected chi connectivity index (χ3v) is 3.43. The predicted molar refractivity (Wildman–Crippen MR) is 82.1 cm³/mol. The molecule has 2 aromatic carbocycles. The molecule has 1 aliphatic heterocycles. The van der Waals surface area contributed by atoms with Gasteiger partial charge in [-0.3, -0.25) is 0 Å². The van der Waals surface area contributed by atoms with Gasteiger partial charge in [0.1, 0.15) is 0 Å². The molecule has 0 amide bonds. The first-order chi connectivity index (χ1) is 9.34. The molecule has 0 bridgehead atoms. The van der Waals surface area contributed by atoms with Crippen LogP contribution in [0.3, 0.4) is 0 Å². The van der Waals surface area contributed by atoms with Gasteiger partial charge >= 0.3 is 0 Å². The van der Waals surface area contributed by atoms with Gasteiger partial charge in [0, 0.05) is 24.0 Å². The number of hydrogen-bond donors (Lipinski definition) is 0. The van der Waals surface area contributed by atoms with Crippen molar-refractivity contribution in [2.45, 2.75) is 6.92 Å². The second-order valence-corrected chi connectivity index (χ2v) is 4.80. The first-order valence-corrected chi connectivity index (χ1v) is 6.60. The van der Waals surface area contributed by atoms with E-state index < -0.39 is 0 Å². The zero-order valence-corrected chi connectivity index (χ0v) is 11.1. The lowest BCUT2D eigenvalue weighted by Crippen LogP contribution is -2.19. The number of anilines is 1. The Hall–Kier alpha value is -2.28. The lowest BCUT2D eigenvalue weighted by atomic mass is 10.0. The molecular formula is C18H17N. The SMILES string of the molecule is CC1=CCN(c2ccccc2-c2ccccc2)C=C1. The second kappa shape index (κ2) is 5.15. The Morgan fingerprint density at radius 1 is 0.895 bits per heavy atom. The topological polar surface area (TPSA) is 3.24 Å². The van der Waals surface area contributed by atoms with Gasteiger partial charge in [0.05, 0.1) is 0 Å². The summed E-state index contributed by atoms with van der Waals surface area (Å²) in [5.74, 6) is 0. The van der Waals surface area contributed by atoms with E-state index in [1.807, 2.05) is 0 Å². The fourth-order valence-electron chi connectivity index (χ4n) is 2.34. The molecule has 0 spiro atoms. The molecule has 19 heavy (non-hydrogen) atoms. The molecule has 3 rings (SSSR count). The Bertz CT molecular complexity index is 623. The van der Waals surface area contributed by atoms with Gasteiger partial charge in [0.15, 0.2) is 0 Å². The lowest BCUT2D eigenvalue weighted by Gasteiger charge is -2.24. The first kappa shape index (κ1) is 11.8. The smallest absolute Gasteiger partial charge is 0.0488 e. The van der Waals surface area contributed by atoms with Crippen molar-refractivity contribution in [2.24, 2.45) is 0 Å². The van der Waals surface area contributed by atoms with Crippen molar-refractivity contribution < 1.29 is 0 Å². The van der Waals surface area contributed by atoms with E-state index in [2.05, 4.69) is 84.8 Å². The molecule has 1 aliphatic rings. The van der Waals surface area contributed by atoms with Gasteiger partial charge in [-0.25, -0.2) is 0 Å². The second-order valence-electron chi connectivity index (χ2n) is 4.80. The Kier molecular flexibility index (Phi) is 3.20. The van der Waals surface area contributed by atoms with Crippen molar-refractivity contribution in [3.8, 4) is 11.1 Å². The minimum absolute atomic E-state index is 0.937. The van der Waals surface area contributed by atoms with Crippen molar-refractivity contribution >= 4 is 5.69 Å². The van der Waals surface area contributed by atoms with Crippen LogP contribution in [-0.2, 0) is 0 Å². The Morgan fingerprint density at radius 3 is 2.37 bits per heavy atom. The summed E-state index contributed by atoms with van der Waals surface area (Å²) in [7, 11) is 0. The first-order valence-electron chi connectivity index (χ1n) is 6.60. The zero-order chi connectivity index (χ0) is 13.1. The maximum atomic E-state index is 2.29. The summed E-state index contributed by atoms with van der Waals surface area (Å²) in [6, 6.07) is 19.1. The van der Waals surface area contributed by atoms with Crippen LogP contribution < -0.4 is 4.90 Å². The Morgan fingerprint density at radius 2 is 1.63 bits per heavy atom. The minimum atomic E-state index is 0.937. The van der Waals surface area contributed by atoms with Crippen LogP contribution in [0.1, 0.15) is 6.92 Å². The molecule has 1 heteroatoms. The van der Waals surface area contributed by atoms with Gasteiger partial charge in [-0.2, -0.15) is 0 Å². The average molecular weight is 247 g/mol.